The topological polar surface area (TPSA) is 72.2 Å². The molecule has 26 heavy (non-hydrogen) atoms. The first-order chi connectivity index (χ1) is 12.5. The summed E-state index contributed by atoms with van der Waals surface area (Å²) in [5.41, 5.74) is 10.7. The van der Waals surface area contributed by atoms with Gasteiger partial charge in [0.05, 0.1) is 0 Å². The summed E-state index contributed by atoms with van der Waals surface area (Å²) in [4.78, 5) is 23.6. The molecule has 0 saturated carbocycles. The fraction of sp³-hybridized carbons (Fsp3) is 0.333. The monoisotopic (exact) mass is 368 g/mol. The number of amides is 2. The van der Waals surface area contributed by atoms with Gasteiger partial charge in [-0.2, -0.15) is 11.8 Å². The Labute approximate surface area is 158 Å². The maximum absolute atomic E-state index is 11.9. The smallest absolute Gasteiger partial charge is 0.240 e. The van der Waals surface area contributed by atoms with Crippen LogP contribution in [0.15, 0.2) is 48.5 Å². The van der Waals surface area contributed by atoms with Crippen molar-refractivity contribution in [2.75, 3.05) is 11.5 Å². The van der Waals surface area contributed by atoms with E-state index in [1.165, 1.54) is 22.3 Å². The number of nitrogens with one attached hydrogen (secondary N) is 1. The Balaban J connectivity index is 1.69. The predicted molar refractivity (Wildman–Crippen MR) is 107 cm³/mol. The summed E-state index contributed by atoms with van der Waals surface area (Å²) in [5.74, 6) is 0.811. The molecule has 0 spiro atoms. The summed E-state index contributed by atoms with van der Waals surface area (Å²) in [6.07, 6.45) is 0. The van der Waals surface area contributed by atoms with E-state index in [0.29, 0.717) is 11.7 Å². The van der Waals surface area contributed by atoms with Crippen molar-refractivity contribution >= 4 is 23.6 Å². The minimum atomic E-state index is -0.637. The molecule has 0 aromatic heterocycles. The van der Waals surface area contributed by atoms with Crippen LogP contribution in [0.2, 0.25) is 0 Å². The van der Waals surface area contributed by atoms with E-state index in [2.05, 4.69) is 53.8 Å². The van der Waals surface area contributed by atoms with Gasteiger partial charge in [0.15, 0.2) is 0 Å². The van der Waals surface area contributed by atoms with Crippen molar-refractivity contribution in [2.45, 2.75) is 25.8 Å². The third-order valence-corrected chi connectivity index (χ3v) is 5.85. The van der Waals surface area contributed by atoms with E-state index in [1.54, 1.807) is 25.6 Å². The van der Waals surface area contributed by atoms with Crippen molar-refractivity contribution in [3.8, 4) is 11.1 Å². The SMILES string of the molecule is CC(C)C(=O)N[C@@H](CSCC1c2ccccc2-c2ccccc21)C(N)=O. The average Bonchev–Trinajstić information content (AvgIpc) is 2.95. The van der Waals surface area contributed by atoms with E-state index in [4.69, 9.17) is 5.73 Å². The number of primary amides is 1. The van der Waals surface area contributed by atoms with E-state index < -0.39 is 11.9 Å². The zero-order valence-corrected chi connectivity index (χ0v) is 15.9. The summed E-state index contributed by atoms with van der Waals surface area (Å²) in [7, 11) is 0. The zero-order valence-electron chi connectivity index (χ0n) is 15.1. The minimum Gasteiger partial charge on any atom is -0.368 e. The van der Waals surface area contributed by atoms with Gasteiger partial charge in [0.2, 0.25) is 11.8 Å². The summed E-state index contributed by atoms with van der Waals surface area (Å²) in [6.45, 7) is 3.60. The van der Waals surface area contributed by atoms with Crippen LogP contribution < -0.4 is 11.1 Å². The Morgan fingerprint density at radius 1 is 1.04 bits per heavy atom. The second-order valence-electron chi connectivity index (χ2n) is 6.88. The quantitative estimate of drug-likeness (QED) is 0.788. The standard InChI is InChI=1S/C21H24N2O2S/c1-13(2)21(25)23-19(20(22)24)12-26-11-18-16-9-5-3-7-14(16)15-8-4-6-10-17(15)18/h3-10,13,18-19H,11-12H2,1-2H3,(H2,22,24)(H,23,25)/t19-/m0/s1. The molecule has 0 heterocycles. The third kappa shape index (κ3) is 3.78. The normalized spacial score (nSPS) is 14.0. The van der Waals surface area contributed by atoms with Gasteiger partial charge in [0.1, 0.15) is 6.04 Å². The van der Waals surface area contributed by atoms with Gasteiger partial charge in [-0.05, 0) is 22.3 Å². The molecule has 2 amide bonds. The molecule has 1 aliphatic carbocycles. The van der Waals surface area contributed by atoms with Crippen molar-refractivity contribution in [1.82, 2.24) is 5.32 Å². The number of hydrogen-bond donors (Lipinski definition) is 2. The van der Waals surface area contributed by atoms with Crippen LogP contribution in [0.1, 0.15) is 30.9 Å². The van der Waals surface area contributed by atoms with Crippen molar-refractivity contribution in [3.63, 3.8) is 0 Å². The number of thioether (sulfide) groups is 1. The van der Waals surface area contributed by atoms with Gasteiger partial charge in [-0.3, -0.25) is 9.59 Å². The van der Waals surface area contributed by atoms with E-state index >= 15 is 0 Å². The van der Waals surface area contributed by atoms with Crippen LogP contribution in [-0.4, -0.2) is 29.4 Å². The molecule has 136 valence electrons. The lowest BCUT2D eigenvalue weighted by atomic mass is 9.99. The Morgan fingerprint density at radius 2 is 1.58 bits per heavy atom. The zero-order chi connectivity index (χ0) is 18.7. The molecular weight excluding hydrogens is 344 g/mol. The average molecular weight is 369 g/mol. The van der Waals surface area contributed by atoms with Gasteiger partial charge in [-0.25, -0.2) is 0 Å². The highest BCUT2D eigenvalue weighted by atomic mass is 32.2. The van der Waals surface area contributed by atoms with E-state index in [9.17, 15) is 9.59 Å². The highest BCUT2D eigenvalue weighted by Crippen LogP contribution is 2.45. The largest absolute Gasteiger partial charge is 0.368 e. The van der Waals surface area contributed by atoms with Gasteiger partial charge in [0, 0.05) is 23.3 Å². The Hall–Kier alpha value is -2.27. The fourth-order valence-electron chi connectivity index (χ4n) is 3.28. The number of rotatable bonds is 7. The predicted octanol–water partition coefficient (Wildman–Crippen LogP) is 3.16. The van der Waals surface area contributed by atoms with Gasteiger partial charge in [0.25, 0.3) is 0 Å². The van der Waals surface area contributed by atoms with Crippen LogP contribution >= 0.6 is 11.8 Å². The number of fused-ring (bicyclic) bond motifs is 3. The molecule has 0 fully saturated rings. The molecule has 2 aromatic rings. The highest BCUT2D eigenvalue weighted by Gasteiger charge is 2.28. The Morgan fingerprint density at radius 3 is 2.08 bits per heavy atom. The Bertz CT molecular complexity index is 774. The Kier molecular flexibility index (Phi) is 5.67. The van der Waals surface area contributed by atoms with E-state index in [1.807, 2.05) is 0 Å². The number of carbonyl (C=O) groups is 2. The van der Waals surface area contributed by atoms with Crippen molar-refractivity contribution in [3.05, 3.63) is 59.7 Å². The molecule has 1 aliphatic rings. The number of nitrogens with two attached hydrogens (primary N) is 1. The first-order valence-electron chi connectivity index (χ1n) is 8.84. The summed E-state index contributed by atoms with van der Waals surface area (Å²) in [5, 5.41) is 2.75. The van der Waals surface area contributed by atoms with Crippen LogP contribution in [-0.2, 0) is 9.59 Å². The van der Waals surface area contributed by atoms with Gasteiger partial charge in [-0.1, -0.05) is 62.4 Å². The molecule has 1 atom stereocenters. The molecule has 0 aliphatic heterocycles. The highest BCUT2D eigenvalue weighted by molar-refractivity contribution is 7.99. The first kappa shape index (κ1) is 18.5. The molecule has 2 aromatic carbocycles. The van der Waals surface area contributed by atoms with Gasteiger partial charge >= 0.3 is 0 Å². The summed E-state index contributed by atoms with van der Waals surface area (Å²) < 4.78 is 0. The lowest BCUT2D eigenvalue weighted by Crippen LogP contribution is -2.47. The van der Waals surface area contributed by atoms with Crippen LogP contribution in [0.5, 0.6) is 0 Å². The molecule has 0 radical (unpaired) electrons. The first-order valence-corrected chi connectivity index (χ1v) is 10.00. The maximum atomic E-state index is 11.9. The molecule has 3 rings (SSSR count). The van der Waals surface area contributed by atoms with Crippen LogP contribution in [0.25, 0.3) is 11.1 Å². The minimum absolute atomic E-state index is 0.147. The second kappa shape index (κ2) is 7.96. The van der Waals surface area contributed by atoms with Crippen LogP contribution in [0.4, 0.5) is 0 Å². The van der Waals surface area contributed by atoms with Crippen molar-refractivity contribution < 1.29 is 9.59 Å². The molecular formula is C21H24N2O2S. The third-order valence-electron chi connectivity index (χ3n) is 4.72. The molecule has 0 bridgehead atoms. The van der Waals surface area contributed by atoms with Gasteiger partial charge in [-0.15, -0.1) is 0 Å². The van der Waals surface area contributed by atoms with E-state index in [0.717, 1.165) is 5.75 Å². The van der Waals surface area contributed by atoms with Crippen molar-refractivity contribution in [1.29, 1.82) is 0 Å². The molecule has 0 saturated heterocycles. The fourth-order valence-corrected chi connectivity index (χ4v) is 4.49. The summed E-state index contributed by atoms with van der Waals surface area (Å²) >= 11 is 1.65. The molecule has 0 unspecified atom stereocenters. The molecule has 4 nitrogen and oxygen atoms in total. The molecule has 3 N–H and O–H groups in total. The lowest BCUT2D eigenvalue weighted by Gasteiger charge is -2.18. The van der Waals surface area contributed by atoms with Crippen molar-refractivity contribution in [2.24, 2.45) is 11.7 Å². The number of hydrogen-bond acceptors (Lipinski definition) is 3. The van der Waals surface area contributed by atoms with Gasteiger partial charge < -0.3 is 11.1 Å². The number of benzene rings is 2. The van der Waals surface area contributed by atoms with Crippen LogP contribution in [0.3, 0.4) is 0 Å². The van der Waals surface area contributed by atoms with E-state index in [-0.39, 0.29) is 11.8 Å². The molecule has 5 heteroatoms. The van der Waals surface area contributed by atoms with Crippen LogP contribution in [0, 0.1) is 5.92 Å². The number of carbonyl (C=O) groups excluding carboxylic acids is 2. The maximum Gasteiger partial charge on any atom is 0.240 e. The summed E-state index contributed by atoms with van der Waals surface area (Å²) in [6, 6.07) is 16.3. The second-order valence-corrected chi connectivity index (χ2v) is 7.96. The lowest BCUT2D eigenvalue weighted by molar-refractivity contribution is -0.128.